The number of thioether (sulfide) groups is 1. The largest absolute Gasteiger partial charge is 0.315 e. The molecule has 16 heavy (non-hydrogen) atoms. The fraction of sp³-hybridized carbons (Fsp3) is 1.00. The first-order valence-electron chi connectivity index (χ1n) is 6.83. The van der Waals surface area contributed by atoms with Gasteiger partial charge in [0.2, 0.25) is 0 Å². The van der Waals surface area contributed by atoms with Crippen LogP contribution in [0.25, 0.3) is 0 Å². The second-order valence-corrected chi connectivity index (χ2v) is 6.60. The van der Waals surface area contributed by atoms with Gasteiger partial charge in [-0.3, -0.25) is 0 Å². The summed E-state index contributed by atoms with van der Waals surface area (Å²) in [6.07, 6.45) is 10.9. The molecule has 2 aliphatic rings. The van der Waals surface area contributed by atoms with E-state index in [1.54, 1.807) is 0 Å². The molecule has 3 heteroatoms. The van der Waals surface area contributed by atoms with E-state index in [0.717, 1.165) is 0 Å². The third-order valence-electron chi connectivity index (χ3n) is 4.14. The first-order valence-corrected chi connectivity index (χ1v) is 8.05. The molecule has 1 heterocycles. The lowest BCUT2D eigenvalue weighted by Gasteiger charge is -2.39. The van der Waals surface area contributed by atoms with Crippen LogP contribution in [-0.4, -0.2) is 48.6 Å². The van der Waals surface area contributed by atoms with E-state index in [-0.39, 0.29) is 0 Å². The Hall–Kier alpha value is 0.270. The first-order chi connectivity index (χ1) is 7.85. The maximum absolute atomic E-state index is 3.50. The van der Waals surface area contributed by atoms with Crippen LogP contribution in [0.4, 0.5) is 0 Å². The molecule has 1 saturated heterocycles. The molecule has 2 rings (SSSR count). The molecule has 1 N–H and O–H groups in total. The highest BCUT2D eigenvalue weighted by atomic mass is 32.2. The average Bonchev–Trinajstić information content (AvgIpc) is 2.59. The van der Waals surface area contributed by atoms with Crippen LogP contribution in [0.1, 0.15) is 38.5 Å². The molecule has 0 spiro atoms. The van der Waals surface area contributed by atoms with Crippen LogP contribution in [0.5, 0.6) is 0 Å². The minimum Gasteiger partial charge on any atom is -0.315 e. The van der Waals surface area contributed by atoms with Crippen molar-refractivity contribution < 1.29 is 0 Å². The SMILES string of the molecule is CSC1(CN2CCCNCC2)CCCCC1. The fourth-order valence-corrected chi connectivity index (χ4v) is 4.10. The van der Waals surface area contributed by atoms with Crippen molar-refractivity contribution in [3.05, 3.63) is 0 Å². The Morgan fingerprint density at radius 3 is 2.62 bits per heavy atom. The van der Waals surface area contributed by atoms with Crippen molar-refractivity contribution in [3.8, 4) is 0 Å². The van der Waals surface area contributed by atoms with Crippen LogP contribution in [0, 0.1) is 0 Å². The lowest BCUT2D eigenvalue weighted by molar-refractivity contribution is 0.231. The maximum Gasteiger partial charge on any atom is 0.0284 e. The summed E-state index contributed by atoms with van der Waals surface area (Å²) in [5, 5.41) is 3.50. The molecule has 0 radical (unpaired) electrons. The Labute approximate surface area is 105 Å². The summed E-state index contributed by atoms with van der Waals surface area (Å²) in [6.45, 7) is 6.28. The summed E-state index contributed by atoms with van der Waals surface area (Å²) in [5.74, 6) is 0. The average molecular weight is 242 g/mol. The number of rotatable bonds is 3. The van der Waals surface area contributed by atoms with Crippen LogP contribution in [0.2, 0.25) is 0 Å². The third-order valence-corrected chi connectivity index (χ3v) is 5.55. The van der Waals surface area contributed by atoms with E-state index in [1.165, 1.54) is 71.2 Å². The second kappa shape index (κ2) is 6.27. The Bertz CT molecular complexity index is 194. The van der Waals surface area contributed by atoms with E-state index >= 15 is 0 Å². The van der Waals surface area contributed by atoms with Crippen molar-refractivity contribution in [1.82, 2.24) is 10.2 Å². The smallest absolute Gasteiger partial charge is 0.0284 e. The quantitative estimate of drug-likeness (QED) is 0.818. The number of nitrogens with one attached hydrogen (secondary N) is 1. The predicted octanol–water partition coefficient (Wildman–Crippen LogP) is 2.35. The van der Waals surface area contributed by atoms with Crippen LogP contribution in [-0.2, 0) is 0 Å². The van der Waals surface area contributed by atoms with Gasteiger partial charge in [-0.25, -0.2) is 0 Å². The minimum atomic E-state index is 0.586. The molecule has 2 nitrogen and oxygen atoms in total. The molecule has 0 unspecified atom stereocenters. The van der Waals surface area contributed by atoms with Gasteiger partial charge in [-0.05, 0) is 38.6 Å². The topological polar surface area (TPSA) is 15.3 Å². The lowest BCUT2D eigenvalue weighted by Crippen LogP contribution is -2.43. The normalized spacial score (nSPS) is 27.6. The summed E-state index contributed by atoms with van der Waals surface area (Å²) in [5.41, 5.74) is 0. The number of nitrogens with zero attached hydrogens (tertiary/aromatic N) is 1. The first kappa shape index (κ1) is 12.7. The Kier molecular flexibility index (Phi) is 4.98. The van der Waals surface area contributed by atoms with Crippen LogP contribution < -0.4 is 5.32 Å². The number of hydrogen-bond acceptors (Lipinski definition) is 3. The molecule has 2 fully saturated rings. The zero-order chi connectivity index (χ0) is 11.3. The van der Waals surface area contributed by atoms with E-state index in [1.807, 2.05) is 0 Å². The Morgan fingerprint density at radius 1 is 1.06 bits per heavy atom. The molecular formula is C13H26N2S. The Morgan fingerprint density at radius 2 is 1.88 bits per heavy atom. The highest BCUT2D eigenvalue weighted by Crippen LogP contribution is 2.39. The molecule has 94 valence electrons. The number of hydrogen-bond donors (Lipinski definition) is 1. The van der Waals surface area contributed by atoms with Crippen molar-refractivity contribution in [2.75, 3.05) is 39.0 Å². The Balaban J connectivity index is 1.88. The van der Waals surface area contributed by atoms with Gasteiger partial charge in [-0.15, -0.1) is 0 Å². The molecule has 1 aliphatic heterocycles. The summed E-state index contributed by atoms with van der Waals surface area (Å²) in [7, 11) is 0. The maximum atomic E-state index is 3.50. The molecular weight excluding hydrogens is 216 g/mol. The van der Waals surface area contributed by atoms with E-state index < -0.39 is 0 Å². The summed E-state index contributed by atoms with van der Waals surface area (Å²) in [6, 6.07) is 0. The van der Waals surface area contributed by atoms with Gasteiger partial charge < -0.3 is 10.2 Å². The van der Waals surface area contributed by atoms with E-state index in [9.17, 15) is 0 Å². The van der Waals surface area contributed by atoms with E-state index in [2.05, 4.69) is 28.2 Å². The van der Waals surface area contributed by atoms with Gasteiger partial charge in [-0.2, -0.15) is 11.8 Å². The minimum absolute atomic E-state index is 0.586. The van der Waals surface area contributed by atoms with Crippen molar-refractivity contribution in [1.29, 1.82) is 0 Å². The summed E-state index contributed by atoms with van der Waals surface area (Å²) in [4.78, 5) is 2.70. The predicted molar refractivity (Wildman–Crippen MR) is 73.3 cm³/mol. The van der Waals surface area contributed by atoms with Crippen LogP contribution >= 0.6 is 11.8 Å². The van der Waals surface area contributed by atoms with Gasteiger partial charge >= 0.3 is 0 Å². The highest BCUT2D eigenvalue weighted by Gasteiger charge is 2.32. The van der Waals surface area contributed by atoms with Gasteiger partial charge in [0.05, 0.1) is 0 Å². The van der Waals surface area contributed by atoms with Crippen LogP contribution in [0.15, 0.2) is 0 Å². The summed E-state index contributed by atoms with van der Waals surface area (Å²) < 4.78 is 0.586. The van der Waals surface area contributed by atoms with Gasteiger partial charge in [-0.1, -0.05) is 19.3 Å². The molecule has 0 atom stereocenters. The van der Waals surface area contributed by atoms with Gasteiger partial charge in [0.1, 0.15) is 0 Å². The molecule has 0 amide bonds. The van der Waals surface area contributed by atoms with Gasteiger partial charge in [0.25, 0.3) is 0 Å². The second-order valence-electron chi connectivity index (χ2n) is 5.33. The van der Waals surface area contributed by atoms with Crippen molar-refractivity contribution >= 4 is 11.8 Å². The van der Waals surface area contributed by atoms with Crippen molar-refractivity contribution in [2.45, 2.75) is 43.3 Å². The zero-order valence-corrected chi connectivity index (χ0v) is 11.5. The molecule has 0 aromatic heterocycles. The fourth-order valence-electron chi connectivity index (χ4n) is 3.09. The van der Waals surface area contributed by atoms with Crippen molar-refractivity contribution in [2.24, 2.45) is 0 Å². The molecule has 1 aliphatic carbocycles. The van der Waals surface area contributed by atoms with Crippen LogP contribution in [0.3, 0.4) is 0 Å². The molecule has 0 aromatic rings. The van der Waals surface area contributed by atoms with Gasteiger partial charge in [0.15, 0.2) is 0 Å². The molecule has 0 bridgehead atoms. The third kappa shape index (κ3) is 3.38. The standard InChI is InChI=1S/C13H26N2S/c1-16-13(6-3-2-4-7-13)12-15-10-5-8-14-9-11-15/h14H,2-12H2,1H3. The molecule has 0 aromatic carbocycles. The highest BCUT2D eigenvalue weighted by molar-refractivity contribution is 8.00. The lowest BCUT2D eigenvalue weighted by atomic mass is 9.87. The molecule has 1 saturated carbocycles. The van der Waals surface area contributed by atoms with Crippen molar-refractivity contribution in [3.63, 3.8) is 0 Å². The summed E-state index contributed by atoms with van der Waals surface area (Å²) >= 11 is 2.13. The van der Waals surface area contributed by atoms with Gasteiger partial charge in [0, 0.05) is 24.4 Å². The zero-order valence-electron chi connectivity index (χ0n) is 10.6. The monoisotopic (exact) mass is 242 g/mol. The van der Waals surface area contributed by atoms with E-state index in [4.69, 9.17) is 0 Å². The van der Waals surface area contributed by atoms with E-state index in [0.29, 0.717) is 4.75 Å².